The summed E-state index contributed by atoms with van der Waals surface area (Å²) < 4.78 is 5.69. The van der Waals surface area contributed by atoms with E-state index in [9.17, 15) is 4.79 Å². The lowest BCUT2D eigenvalue weighted by molar-refractivity contribution is 0.0799. The highest BCUT2D eigenvalue weighted by atomic mass is 16.5. The molecule has 110 valence electrons. The quantitative estimate of drug-likeness (QED) is 0.885. The number of nitrogens with zero attached hydrogens (tertiary/aromatic N) is 1. The van der Waals surface area contributed by atoms with Gasteiger partial charge in [0.05, 0.1) is 0 Å². The van der Waals surface area contributed by atoms with Gasteiger partial charge in [0.1, 0.15) is 12.4 Å². The average molecular weight is 284 g/mol. The topological polar surface area (TPSA) is 55.6 Å². The van der Waals surface area contributed by atoms with Crippen molar-refractivity contribution in [3.63, 3.8) is 0 Å². The summed E-state index contributed by atoms with van der Waals surface area (Å²) >= 11 is 0. The van der Waals surface area contributed by atoms with Crippen LogP contribution < -0.4 is 10.5 Å². The number of carbonyl (C=O) groups is 1. The molecule has 0 aromatic heterocycles. The fourth-order valence-corrected chi connectivity index (χ4v) is 1.95. The molecule has 2 aromatic carbocycles. The molecule has 2 rings (SSSR count). The molecule has 2 N–H and O–H groups in total. The first kappa shape index (κ1) is 15.1. The highest BCUT2D eigenvalue weighted by Gasteiger charge is 2.10. The molecular weight excluding hydrogens is 264 g/mol. The second-order valence-corrected chi connectivity index (χ2v) is 4.81. The van der Waals surface area contributed by atoms with Gasteiger partial charge in [-0.2, -0.15) is 0 Å². The van der Waals surface area contributed by atoms with E-state index in [1.54, 1.807) is 24.1 Å². The van der Waals surface area contributed by atoms with Gasteiger partial charge in [-0.05, 0) is 29.8 Å². The summed E-state index contributed by atoms with van der Waals surface area (Å²) in [6, 6.07) is 17.1. The SMILES string of the molecule is CN(CCN)C(=O)c1ccc(OCc2ccccc2)cc1. The lowest BCUT2D eigenvalue weighted by atomic mass is 10.2. The summed E-state index contributed by atoms with van der Waals surface area (Å²) in [5.74, 6) is 0.715. The molecule has 0 spiro atoms. The highest BCUT2D eigenvalue weighted by molar-refractivity contribution is 5.94. The van der Waals surface area contributed by atoms with Crippen molar-refractivity contribution < 1.29 is 9.53 Å². The molecule has 0 saturated heterocycles. The summed E-state index contributed by atoms with van der Waals surface area (Å²) in [7, 11) is 1.75. The Morgan fingerprint density at radius 1 is 1.10 bits per heavy atom. The number of nitrogens with two attached hydrogens (primary N) is 1. The second kappa shape index (κ2) is 7.45. The van der Waals surface area contributed by atoms with Gasteiger partial charge >= 0.3 is 0 Å². The largest absolute Gasteiger partial charge is 0.489 e. The third-order valence-corrected chi connectivity index (χ3v) is 3.16. The van der Waals surface area contributed by atoms with E-state index in [0.717, 1.165) is 11.3 Å². The van der Waals surface area contributed by atoms with Crippen LogP contribution in [0.3, 0.4) is 0 Å². The molecule has 0 fully saturated rings. The molecule has 0 atom stereocenters. The minimum absolute atomic E-state index is 0.0324. The Kier molecular flexibility index (Phi) is 5.35. The van der Waals surface area contributed by atoms with Gasteiger partial charge in [-0.3, -0.25) is 4.79 Å². The zero-order valence-electron chi connectivity index (χ0n) is 12.2. The molecule has 0 aliphatic carbocycles. The fraction of sp³-hybridized carbons (Fsp3) is 0.235. The maximum Gasteiger partial charge on any atom is 0.253 e. The summed E-state index contributed by atoms with van der Waals surface area (Å²) in [6.45, 7) is 1.52. The molecule has 0 aliphatic heterocycles. The number of rotatable bonds is 6. The molecule has 1 amide bonds. The van der Waals surface area contributed by atoms with Crippen molar-refractivity contribution >= 4 is 5.91 Å². The van der Waals surface area contributed by atoms with Crippen molar-refractivity contribution in [2.75, 3.05) is 20.1 Å². The third-order valence-electron chi connectivity index (χ3n) is 3.16. The van der Waals surface area contributed by atoms with Crippen LogP contribution in [-0.2, 0) is 6.61 Å². The molecule has 4 nitrogen and oxygen atoms in total. The van der Waals surface area contributed by atoms with Crippen LogP contribution >= 0.6 is 0 Å². The van der Waals surface area contributed by atoms with Crippen LogP contribution in [0, 0.1) is 0 Å². The molecule has 2 aromatic rings. The first-order chi connectivity index (χ1) is 10.2. The fourth-order valence-electron chi connectivity index (χ4n) is 1.95. The van der Waals surface area contributed by atoms with Crippen LogP contribution in [0.25, 0.3) is 0 Å². The predicted molar refractivity (Wildman–Crippen MR) is 83.2 cm³/mol. The molecule has 21 heavy (non-hydrogen) atoms. The van der Waals surface area contributed by atoms with E-state index in [2.05, 4.69) is 0 Å². The minimum Gasteiger partial charge on any atom is -0.489 e. The van der Waals surface area contributed by atoms with Crippen molar-refractivity contribution in [3.8, 4) is 5.75 Å². The maximum atomic E-state index is 12.1. The summed E-state index contributed by atoms with van der Waals surface area (Å²) in [5, 5.41) is 0. The van der Waals surface area contributed by atoms with E-state index in [4.69, 9.17) is 10.5 Å². The Bertz CT molecular complexity index is 567. The molecule has 0 radical (unpaired) electrons. The Hall–Kier alpha value is -2.33. The second-order valence-electron chi connectivity index (χ2n) is 4.81. The first-order valence-electron chi connectivity index (χ1n) is 6.93. The molecule has 0 saturated carbocycles. The van der Waals surface area contributed by atoms with Crippen LogP contribution in [0.1, 0.15) is 15.9 Å². The van der Waals surface area contributed by atoms with Gasteiger partial charge in [0.15, 0.2) is 0 Å². The maximum absolute atomic E-state index is 12.1. The van der Waals surface area contributed by atoms with Gasteiger partial charge in [0, 0.05) is 25.7 Å². The number of ether oxygens (including phenoxy) is 1. The van der Waals surface area contributed by atoms with Gasteiger partial charge in [0.25, 0.3) is 5.91 Å². The zero-order chi connectivity index (χ0) is 15.1. The predicted octanol–water partition coefficient (Wildman–Crippen LogP) is 2.30. The zero-order valence-corrected chi connectivity index (χ0v) is 12.2. The van der Waals surface area contributed by atoms with Gasteiger partial charge in [0.2, 0.25) is 0 Å². The normalized spacial score (nSPS) is 10.2. The number of benzene rings is 2. The van der Waals surface area contributed by atoms with Crippen molar-refractivity contribution in [1.82, 2.24) is 4.90 Å². The Labute approximate surface area is 125 Å². The van der Waals surface area contributed by atoms with E-state index >= 15 is 0 Å². The Morgan fingerprint density at radius 2 is 1.76 bits per heavy atom. The van der Waals surface area contributed by atoms with E-state index in [1.165, 1.54) is 0 Å². The number of amides is 1. The number of hydrogen-bond donors (Lipinski definition) is 1. The van der Waals surface area contributed by atoms with Crippen molar-refractivity contribution in [3.05, 3.63) is 65.7 Å². The molecule has 0 heterocycles. The standard InChI is InChI=1S/C17H20N2O2/c1-19(12-11-18)17(20)15-7-9-16(10-8-15)21-13-14-5-3-2-4-6-14/h2-10H,11-13,18H2,1H3. The van der Waals surface area contributed by atoms with Crippen LogP contribution in [0.4, 0.5) is 0 Å². The third kappa shape index (κ3) is 4.33. The van der Waals surface area contributed by atoms with E-state index in [0.29, 0.717) is 25.3 Å². The smallest absolute Gasteiger partial charge is 0.253 e. The van der Waals surface area contributed by atoms with Crippen LogP contribution in [-0.4, -0.2) is 30.9 Å². The molecule has 0 bridgehead atoms. The lowest BCUT2D eigenvalue weighted by Gasteiger charge is -2.16. The summed E-state index contributed by atoms with van der Waals surface area (Å²) in [5.41, 5.74) is 7.20. The van der Waals surface area contributed by atoms with E-state index in [-0.39, 0.29) is 5.91 Å². The average Bonchev–Trinajstić information content (AvgIpc) is 2.54. The molecule has 0 unspecified atom stereocenters. The van der Waals surface area contributed by atoms with Gasteiger partial charge < -0.3 is 15.4 Å². The lowest BCUT2D eigenvalue weighted by Crippen LogP contribution is -2.31. The van der Waals surface area contributed by atoms with Crippen molar-refractivity contribution in [2.45, 2.75) is 6.61 Å². The van der Waals surface area contributed by atoms with Gasteiger partial charge in [-0.15, -0.1) is 0 Å². The molecule has 4 heteroatoms. The number of hydrogen-bond acceptors (Lipinski definition) is 3. The van der Waals surface area contributed by atoms with E-state index in [1.807, 2.05) is 42.5 Å². The van der Waals surface area contributed by atoms with E-state index < -0.39 is 0 Å². The molecular formula is C17H20N2O2. The van der Waals surface area contributed by atoms with Crippen LogP contribution in [0.5, 0.6) is 5.75 Å². The first-order valence-corrected chi connectivity index (χ1v) is 6.93. The minimum atomic E-state index is -0.0324. The molecule has 0 aliphatic rings. The Balaban J connectivity index is 1.94. The summed E-state index contributed by atoms with van der Waals surface area (Å²) in [4.78, 5) is 13.7. The number of likely N-dealkylation sites (N-methyl/N-ethyl adjacent to an activating group) is 1. The van der Waals surface area contributed by atoms with Crippen molar-refractivity contribution in [2.24, 2.45) is 5.73 Å². The Morgan fingerprint density at radius 3 is 2.38 bits per heavy atom. The van der Waals surface area contributed by atoms with Crippen LogP contribution in [0.15, 0.2) is 54.6 Å². The highest BCUT2D eigenvalue weighted by Crippen LogP contribution is 2.15. The monoisotopic (exact) mass is 284 g/mol. The van der Waals surface area contributed by atoms with Gasteiger partial charge in [-0.1, -0.05) is 30.3 Å². The number of carbonyl (C=O) groups excluding carboxylic acids is 1. The summed E-state index contributed by atoms with van der Waals surface area (Å²) in [6.07, 6.45) is 0. The van der Waals surface area contributed by atoms with Gasteiger partial charge in [-0.25, -0.2) is 0 Å². The van der Waals surface area contributed by atoms with Crippen LogP contribution in [0.2, 0.25) is 0 Å². The van der Waals surface area contributed by atoms with Crippen molar-refractivity contribution in [1.29, 1.82) is 0 Å².